The van der Waals surface area contributed by atoms with Crippen molar-refractivity contribution in [3.8, 4) is 0 Å². The van der Waals surface area contributed by atoms with Crippen LogP contribution in [0.1, 0.15) is 212 Å². The third kappa shape index (κ3) is 18.2. The largest absolute Gasteiger partial charge is 0.257 e. The maximum atomic E-state index is 3.66. The van der Waals surface area contributed by atoms with E-state index < -0.39 is 0 Å². The van der Waals surface area contributed by atoms with E-state index in [2.05, 4.69) is 49.6 Å². The van der Waals surface area contributed by atoms with Crippen molar-refractivity contribution in [3.05, 3.63) is 18.2 Å². The molecule has 2 heteroatoms. The molecule has 1 rings (SSSR count). The normalized spacial score (nSPS) is 13.3. The first-order chi connectivity index (χ1) is 18.2. The van der Waals surface area contributed by atoms with Crippen LogP contribution in [0.15, 0.2) is 12.4 Å². The highest BCUT2D eigenvalue weighted by Gasteiger charge is 2.24. The van der Waals surface area contributed by atoms with Gasteiger partial charge in [0.25, 0.3) is 5.82 Å². The van der Waals surface area contributed by atoms with Gasteiger partial charge in [-0.3, -0.25) is 0 Å². The summed E-state index contributed by atoms with van der Waals surface area (Å²) in [7, 11) is 0. The molecule has 218 valence electrons. The number of hydrogen-bond acceptors (Lipinski definition) is 0. The van der Waals surface area contributed by atoms with Crippen molar-refractivity contribution in [2.75, 3.05) is 0 Å². The molecule has 0 aliphatic carbocycles. The Labute approximate surface area is 234 Å². The molecular formula is C35H69N2+. The van der Waals surface area contributed by atoms with Gasteiger partial charge >= 0.3 is 0 Å². The lowest BCUT2D eigenvalue weighted by atomic mass is 9.94. The van der Waals surface area contributed by atoms with E-state index in [4.69, 9.17) is 0 Å². The molecule has 2 unspecified atom stereocenters. The molecule has 0 saturated carbocycles. The van der Waals surface area contributed by atoms with E-state index in [0.717, 1.165) is 0 Å². The molecule has 0 aliphatic rings. The van der Waals surface area contributed by atoms with Crippen LogP contribution >= 0.6 is 0 Å². The maximum Gasteiger partial charge on any atom is 0.257 e. The zero-order valence-electron chi connectivity index (χ0n) is 26.1. The van der Waals surface area contributed by atoms with Gasteiger partial charge in [-0.2, -0.15) is 0 Å². The molecular weight excluding hydrogens is 448 g/mol. The van der Waals surface area contributed by atoms with Crippen LogP contribution in [-0.2, 0) is 0 Å². The second-order valence-electron chi connectivity index (χ2n) is 12.2. The van der Waals surface area contributed by atoms with E-state index in [1.807, 2.05) is 0 Å². The van der Waals surface area contributed by atoms with Crippen molar-refractivity contribution in [2.24, 2.45) is 0 Å². The number of aromatic nitrogens is 2. The zero-order valence-corrected chi connectivity index (χ0v) is 26.1. The van der Waals surface area contributed by atoms with Gasteiger partial charge in [0.1, 0.15) is 12.4 Å². The number of H-pyrrole nitrogens is 1. The van der Waals surface area contributed by atoms with Crippen LogP contribution in [0.3, 0.4) is 0 Å². The van der Waals surface area contributed by atoms with Crippen LogP contribution in [0, 0.1) is 0 Å². The molecule has 1 heterocycles. The summed E-state index contributed by atoms with van der Waals surface area (Å²) in [6, 6.07) is 0.623. The van der Waals surface area contributed by atoms with Crippen molar-refractivity contribution in [1.82, 2.24) is 4.98 Å². The summed E-state index contributed by atoms with van der Waals surface area (Å²) in [5.74, 6) is 2.21. The first-order valence-corrected chi connectivity index (χ1v) is 17.3. The predicted octanol–water partition coefficient (Wildman–Crippen LogP) is 12.1. The van der Waals surface area contributed by atoms with Gasteiger partial charge in [-0.1, -0.05) is 162 Å². The number of nitrogens with zero attached hydrogens (tertiary/aromatic N) is 1. The van der Waals surface area contributed by atoms with Gasteiger partial charge < -0.3 is 0 Å². The van der Waals surface area contributed by atoms with Crippen LogP contribution in [0.2, 0.25) is 0 Å². The van der Waals surface area contributed by atoms with Crippen molar-refractivity contribution in [2.45, 2.75) is 207 Å². The molecule has 0 radical (unpaired) electrons. The Bertz CT molecular complexity index is 578. The van der Waals surface area contributed by atoms with Crippen LogP contribution in [0.5, 0.6) is 0 Å². The highest BCUT2D eigenvalue weighted by molar-refractivity contribution is 4.90. The molecule has 1 N–H and O–H groups in total. The highest BCUT2D eigenvalue weighted by atomic mass is 15.1. The molecule has 0 bridgehead atoms. The first-order valence-electron chi connectivity index (χ1n) is 17.3. The summed E-state index contributed by atoms with van der Waals surface area (Å²) in [6.45, 7) is 9.40. The van der Waals surface area contributed by atoms with E-state index in [1.165, 1.54) is 173 Å². The lowest BCUT2D eigenvalue weighted by Crippen LogP contribution is -2.41. The van der Waals surface area contributed by atoms with Gasteiger partial charge in [0, 0.05) is 0 Å². The second kappa shape index (κ2) is 25.5. The summed E-state index contributed by atoms with van der Waals surface area (Å²) >= 11 is 0. The number of imidazole rings is 1. The molecule has 0 spiro atoms. The molecule has 1 aromatic rings. The average molecular weight is 518 g/mol. The number of rotatable bonds is 28. The van der Waals surface area contributed by atoms with E-state index in [1.54, 1.807) is 0 Å². The zero-order chi connectivity index (χ0) is 26.8. The fourth-order valence-electron chi connectivity index (χ4n) is 6.14. The first kappa shape index (κ1) is 34.2. The predicted molar refractivity (Wildman–Crippen MR) is 166 cm³/mol. The monoisotopic (exact) mass is 518 g/mol. The number of aromatic amines is 1. The Morgan fingerprint density at radius 1 is 0.514 bits per heavy atom. The average Bonchev–Trinajstić information content (AvgIpc) is 3.39. The highest BCUT2D eigenvalue weighted by Crippen LogP contribution is 2.26. The molecule has 2 nitrogen and oxygen atoms in total. The van der Waals surface area contributed by atoms with Gasteiger partial charge in [-0.05, 0) is 32.6 Å². The fourth-order valence-corrected chi connectivity index (χ4v) is 6.14. The lowest BCUT2D eigenvalue weighted by molar-refractivity contribution is -0.727. The molecule has 0 aromatic carbocycles. The summed E-state index contributed by atoms with van der Waals surface area (Å²) in [5.41, 5.74) is 0. The lowest BCUT2D eigenvalue weighted by Gasteiger charge is -2.16. The van der Waals surface area contributed by atoms with Gasteiger partial charge in [-0.15, -0.1) is 0 Å². The van der Waals surface area contributed by atoms with Gasteiger partial charge in [0.05, 0.1) is 12.0 Å². The van der Waals surface area contributed by atoms with Gasteiger partial charge in [-0.25, -0.2) is 9.55 Å². The molecule has 0 saturated heterocycles. The SMILES string of the molecule is CCCCCCCCCCCCCCCCCC(CCC)c1[nH]cc[n+]1C(C)CCCCCCCCC. The Hall–Kier alpha value is -0.790. The van der Waals surface area contributed by atoms with Crippen LogP contribution in [-0.4, -0.2) is 4.98 Å². The Kier molecular flexibility index (Phi) is 23.6. The van der Waals surface area contributed by atoms with Crippen LogP contribution in [0.4, 0.5) is 0 Å². The van der Waals surface area contributed by atoms with Crippen molar-refractivity contribution >= 4 is 0 Å². The minimum Gasteiger partial charge on any atom is -0.247 e. The molecule has 37 heavy (non-hydrogen) atoms. The quantitative estimate of drug-likeness (QED) is 0.0842. The van der Waals surface area contributed by atoms with Crippen molar-refractivity contribution in [1.29, 1.82) is 0 Å². The smallest absolute Gasteiger partial charge is 0.247 e. The molecule has 0 amide bonds. The minimum atomic E-state index is 0.623. The molecule has 2 atom stereocenters. The summed E-state index contributed by atoms with van der Waals surface area (Å²) < 4.78 is 2.59. The maximum absolute atomic E-state index is 3.66. The third-order valence-corrected chi connectivity index (χ3v) is 8.62. The standard InChI is InChI=1S/C35H68N2/c1-5-8-10-12-14-15-16-17-18-19-20-21-23-25-27-30-34(28-7-3)35-36-31-32-37(35)33(4)29-26-24-22-13-11-9-6-2/h31-34H,5-30H2,1-4H3/p+1. The third-order valence-electron chi connectivity index (χ3n) is 8.62. The number of unbranched alkanes of at least 4 members (excludes halogenated alkanes) is 20. The summed E-state index contributed by atoms with van der Waals surface area (Å²) in [6.07, 6.45) is 41.4. The minimum absolute atomic E-state index is 0.623. The Balaban J connectivity index is 2.15. The number of hydrogen-bond donors (Lipinski definition) is 1. The summed E-state index contributed by atoms with van der Waals surface area (Å²) in [4.78, 5) is 3.66. The molecule has 0 fully saturated rings. The molecule has 0 aliphatic heterocycles. The van der Waals surface area contributed by atoms with E-state index >= 15 is 0 Å². The van der Waals surface area contributed by atoms with Crippen LogP contribution in [0.25, 0.3) is 0 Å². The Morgan fingerprint density at radius 2 is 0.919 bits per heavy atom. The second-order valence-corrected chi connectivity index (χ2v) is 12.2. The van der Waals surface area contributed by atoms with Crippen molar-refractivity contribution < 1.29 is 4.57 Å². The van der Waals surface area contributed by atoms with E-state index in [0.29, 0.717) is 12.0 Å². The Morgan fingerprint density at radius 3 is 1.35 bits per heavy atom. The number of nitrogens with one attached hydrogen (secondary N) is 1. The summed E-state index contributed by atoms with van der Waals surface area (Å²) in [5, 5.41) is 0. The topological polar surface area (TPSA) is 19.7 Å². The van der Waals surface area contributed by atoms with Gasteiger partial charge in [0.15, 0.2) is 0 Å². The van der Waals surface area contributed by atoms with E-state index in [9.17, 15) is 0 Å². The molecule has 1 aromatic heterocycles. The van der Waals surface area contributed by atoms with Crippen LogP contribution < -0.4 is 4.57 Å². The fraction of sp³-hybridized carbons (Fsp3) is 0.914. The van der Waals surface area contributed by atoms with Gasteiger partial charge in [0.2, 0.25) is 0 Å². The van der Waals surface area contributed by atoms with Crippen molar-refractivity contribution in [3.63, 3.8) is 0 Å². The van der Waals surface area contributed by atoms with E-state index in [-0.39, 0.29) is 0 Å².